The molecule has 0 aliphatic rings. The molecule has 0 spiro atoms. The Kier molecular flexibility index (Phi) is 6.83. The Morgan fingerprint density at radius 3 is 2.47 bits per heavy atom. The molecule has 1 aromatic carbocycles. The average molecular weight is 433 g/mol. The molecule has 3 aromatic rings. The van der Waals surface area contributed by atoms with Crippen molar-refractivity contribution in [1.29, 1.82) is 0 Å². The number of hydrogen-bond donors (Lipinski definition) is 1. The number of amides is 1. The Morgan fingerprint density at radius 1 is 1.17 bits per heavy atom. The van der Waals surface area contributed by atoms with Crippen molar-refractivity contribution in [2.75, 3.05) is 32.4 Å². The van der Waals surface area contributed by atoms with E-state index in [0.717, 1.165) is 11.8 Å². The second-order valence-electron chi connectivity index (χ2n) is 6.38. The minimum atomic E-state index is -0.199. The highest BCUT2D eigenvalue weighted by molar-refractivity contribution is 7.99. The van der Waals surface area contributed by atoms with Gasteiger partial charge in [0.1, 0.15) is 5.82 Å². The third kappa shape index (κ3) is 4.67. The summed E-state index contributed by atoms with van der Waals surface area (Å²) in [5.41, 5.74) is 0.606. The summed E-state index contributed by atoms with van der Waals surface area (Å²) in [6.45, 7) is 3.97. The maximum Gasteiger partial charge on any atom is 0.277 e. The number of ether oxygens (including phenoxy) is 3. The number of anilines is 1. The quantitative estimate of drug-likeness (QED) is 0.508. The van der Waals surface area contributed by atoms with Gasteiger partial charge in [0.2, 0.25) is 17.5 Å². The largest absolute Gasteiger partial charge is 0.493 e. The fourth-order valence-corrected chi connectivity index (χ4v) is 3.28. The van der Waals surface area contributed by atoms with Crippen LogP contribution in [0, 0.1) is 0 Å². The number of nitrogens with one attached hydrogen (secondary N) is 1. The lowest BCUT2D eigenvalue weighted by molar-refractivity contribution is -0.113. The summed E-state index contributed by atoms with van der Waals surface area (Å²) in [5, 5.41) is 15.3. The summed E-state index contributed by atoms with van der Waals surface area (Å²) < 4.78 is 23.4. The van der Waals surface area contributed by atoms with E-state index < -0.39 is 0 Å². The van der Waals surface area contributed by atoms with E-state index in [1.54, 1.807) is 29.1 Å². The van der Waals surface area contributed by atoms with Crippen molar-refractivity contribution in [1.82, 2.24) is 20.0 Å². The summed E-state index contributed by atoms with van der Waals surface area (Å²) >= 11 is 1.14. The van der Waals surface area contributed by atoms with Crippen molar-refractivity contribution >= 4 is 23.5 Å². The molecular weight excluding hydrogens is 410 g/mol. The number of nitrogens with zero attached hydrogens (tertiary/aromatic N) is 4. The summed E-state index contributed by atoms with van der Waals surface area (Å²) in [5.74, 6) is 2.24. The molecule has 0 saturated carbocycles. The van der Waals surface area contributed by atoms with Gasteiger partial charge in [0.05, 0.1) is 33.3 Å². The predicted octanol–water partition coefficient (Wildman–Crippen LogP) is 3.27. The van der Waals surface area contributed by atoms with Gasteiger partial charge < -0.3 is 23.9 Å². The number of aromatic nitrogens is 4. The van der Waals surface area contributed by atoms with Crippen LogP contribution in [0.15, 0.2) is 34.0 Å². The smallest absolute Gasteiger partial charge is 0.277 e. The zero-order valence-electron chi connectivity index (χ0n) is 17.3. The molecule has 160 valence electrons. The Hall–Kier alpha value is -3.21. The number of rotatable bonds is 9. The van der Waals surface area contributed by atoms with Gasteiger partial charge in [0.15, 0.2) is 11.5 Å². The average Bonchev–Trinajstić information content (AvgIpc) is 3.40. The van der Waals surface area contributed by atoms with E-state index in [1.807, 2.05) is 13.8 Å². The fourth-order valence-electron chi connectivity index (χ4n) is 2.72. The van der Waals surface area contributed by atoms with E-state index in [0.29, 0.717) is 28.6 Å². The van der Waals surface area contributed by atoms with Crippen LogP contribution in [0.5, 0.6) is 17.2 Å². The summed E-state index contributed by atoms with van der Waals surface area (Å²) in [6, 6.07) is 5.31. The van der Waals surface area contributed by atoms with Crippen molar-refractivity contribution in [2.24, 2.45) is 0 Å². The first-order valence-corrected chi connectivity index (χ1v) is 10.1. The molecule has 10 nitrogen and oxygen atoms in total. The first kappa shape index (κ1) is 21.5. The van der Waals surface area contributed by atoms with Gasteiger partial charge in [-0.15, -0.1) is 10.2 Å². The van der Waals surface area contributed by atoms with Crippen LogP contribution in [0.1, 0.15) is 19.9 Å². The minimum absolute atomic E-state index is 0.111. The molecule has 30 heavy (non-hydrogen) atoms. The van der Waals surface area contributed by atoms with Crippen LogP contribution in [0.4, 0.5) is 5.82 Å². The number of carbonyl (C=O) groups is 1. The molecule has 2 heterocycles. The monoisotopic (exact) mass is 433 g/mol. The molecule has 1 N–H and O–H groups in total. The zero-order valence-corrected chi connectivity index (χ0v) is 18.1. The number of carbonyl (C=O) groups excluding carboxylic acids is 1. The maximum atomic E-state index is 12.3. The van der Waals surface area contributed by atoms with Gasteiger partial charge in [-0.05, 0) is 26.0 Å². The summed E-state index contributed by atoms with van der Waals surface area (Å²) in [4.78, 5) is 12.3. The van der Waals surface area contributed by atoms with Crippen LogP contribution < -0.4 is 19.5 Å². The van der Waals surface area contributed by atoms with E-state index in [2.05, 4.69) is 20.6 Å². The molecule has 11 heteroatoms. The summed E-state index contributed by atoms with van der Waals surface area (Å²) in [7, 11) is 4.58. The molecule has 0 atom stereocenters. The molecule has 1 amide bonds. The second kappa shape index (κ2) is 9.53. The lowest BCUT2D eigenvalue weighted by Gasteiger charge is -2.12. The van der Waals surface area contributed by atoms with Crippen molar-refractivity contribution in [3.05, 3.63) is 24.4 Å². The molecule has 0 unspecified atom stereocenters. The normalized spacial score (nSPS) is 10.9. The van der Waals surface area contributed by atoms with Crippen LogP contribution in [0.2, 0.25) is 0 Å². The maximum absolute atomic E-state index is 12.3. The summed E-state index contributed by atoms with van der Waals surface area (Å²) in [6.07, 6.45) is 1.64. The van der Waals surface area contributed by atoms with Crippen LogP contribution in [-0.4, -0.2) is 53.0 Å². The number of hydrogen-bond acceptors (Lipinski definition) is 9. The molecule has 0 aliphatic heterocycles. The Bertz CT molecular complexity index is 991. The molecule has 2 aromatic heterocycles. The predicted molar refractivity (Wildman–Crippen MR) is 111 cm³/mol. The van der Waals surface area contributed by atoms with Gasteiger partial charge in [0, 0.05) is 17.7 Å². The van der Waals surface area contributed by atoms with E-state index >= 15 is 0 Å². The van der Waals surface area contributed by atoms with Crippen molar-refractivity contribution in [3.8, 4) is 28.7 Å². The van der Waals surface area contributed by atoms with E-state index in [-0.39, 0.29) is 28.8 Å². The standard InChI is InChI=1S/C19H23N5O5S/c1-11(2)24-15(6-7-20-24)21-16(25)10-30-19-23-22-18(29-19)12-8-13(26-3)17(28-5)14(9-12)27-4/h6-9,11H,10H2,1-5H3,(H,21,25). The fraction of sp³-hybridized carbons (Fsp3) is 0.368. The molecule has 0 bridgehead atoms. The van der Waals surface area contributed by atoms with Gasteiger partial charge in [0.25, 0.3) is 5.22 Å². The highest BCUT2D eigenvalue weighted by atomic mass is 32.2. The molecule has 0 fully saturated rings. The Labute approximate surface area is 177 Å². The topological polar surface area (TPSA) is 114 Å². The van der Waals surface area contributed by atoms with E-state index in [9.17, 15) is 4.79 Å². The van der Waals surface area contributed by atoms with Crippen LogP contribution in [-0.2, 0) is 4.79 Å². The molecular formula is C19H23N5O5S. The van der Waals surface area contributed by atoms with E-state index in [1.165, 1.54) is 21.3 Å². The molecule has 0 aliphatic carbocycles. The number of thioether (sulfide) groups is 1. The van der Waals surface area contributed by atoms with Crippen LogP contribution in [0.3, 0.4) is 0 Å². The second-order valence-corrected chi connectivity index (χ2v) is 7.31. The first-order valence-electron chi connectivity index (χ1n) is 9.06. The minimum Gasteiger partial charge on any atom is -0.493 e. The van der Waals surface area contributed by atoms with Crippen molar-refractivity contribution in [3.63, 3.8) is 0 Å². The molecule has 0 radical (unpaired) electrons. The lowest BCUT2D eigenvalue weighted by atomic mass is 10.2. The van der Waals surface area contributed by atoms with Gasteiger partial charge in [-0.1, -0.05) is 11.8 Å². The lowest BCUT2D eigenvalue weighted by Crippen LogP contribution is -2.18. The van der Waals surface area contributed by atoms with Gasteiger partial charge >= 0.3 is 0 Å². The zero-order chi connectivity index (χ0) is 21.7. The highest BCUT2D eigenvalue weighted by Gasteiger charge is 2.18. The van der Waals surface area contributed by atoms with Gasteiger partial charge in [-0.25, -0.2) is 4.68 Å². The Morgan fingerprint density at radius 2 is 1.87 bits per heavy atom. The van der Waals surface area contributed by atoms with Crippen molar-refractivity contribution < 1.29 is 23.4 Å². The third-order valence-corrected chi connectivity index (χ3v) is 4.89. The first-order chi connectivity index (χ1) is 14.5. The number of benzene rings is 1. The Balaban J connectivity index is 1.68. The van der Waals surface area contributed by atoms with Crippen LogP contribution >= 0.6 is 11.8 Å². The van der Waals surface area contributed by atoms with E-state index in [4.69, 9.17) is 18.6 Å². The highest BCUT2D eigenvalue weighted by Crippen LogP contribution is 2.41. The molecule has 3 rings (SSSR count). The van der Waals surface area contributed by atoms with Gasteiger partial charge in [-0.3, -0.25) is 4.79 Å². The third-order valence-electron chi connectivity index (χ3n) is 4.07. The van der Waals surface area contributed by atoms with Crippen molar-refractivity contribution in [2.45, 2.75) is 25.1 Å². The SMILES string of the molecule is COc1cc(-c2nnc(SCC(=O)Nc3ccnn3C(C)C)o2)cc(OC)c1OC. The van der Waals surface area contributed by atoms with Gasteiger partial charge in [-0.2, -0.15) is 5.10 Å². The number of methoxy groups -OCH3 is 3. The molecule has 0 saturated heterocycles. The van der Waals surface area contributed by atoms with Crippen LogP contribution in [0.25, 0.3) is 11.5 Å².